The van der Waals surface area contributed by atoms with Crippen molar-refractivity contribution in [1.29, 1.82) is 0 Å². The van der Waals surface area contributed by atoms with Gasteiger partial charge in [-0.15, -0.1) is 0 Å². The van der Waals surface area contributed by atoms with Gasteiger partial charge in [-0.3, -0.25) is 14.4 Å². The molecule has 150 valence electrons. The molecule has 0 atom stereocenters. The summed E-state index contributed by atoms with van der Waals surface area (Å²) < 4.78 is 1.84. The first-order chi connectivity index (χ1) is 14.0. The number of benzene rings is 2. The van der Waals surface area contributed by atoms with E-state index in [1.54, 1.807) is 0 Å². The zero-order chi connectivity index (χ0) is 20.2. The van der Waals surface area contributed by atoms with E-state index in [9.17, 15) is 4.79 Å². The highest BCUT2D eigenvalue weighted by Gasteiger charge is 2.17. The first kappa shape index (κ1) is 19.4. The molecular formula is C24H28N4O. The third-order valence-corrected chi connectivity index (χ3v) is 5.51. The van der Waals surface area contributed by atoms with E-state index in [4.69, 9.17) is 0 Å². The summed E-state index contributed by atoms with van der Waals surface area (Å²) in [7, 11) is 1.95. The van der Waals surface area contributed by atoms with Crippen LogP contribution in [-0.2, 0) is 37.8 Å². The van der Waals surface area contributed by atoms with Crippen molar-refractivity contribution < 1.29 is 4.79 Å². The van der Waals surface area contributed by atoms with Crippen LogP contribution in [0.4, 0.5) is 5.69 Å². The van der Waals surface area contributed by atoms with Crippen LogP contribution in [0.25, 0.3) is 0 Å². The van der Waals surface area contributed by atoms with Crippen LogP contribution in [0.2, 0.25) is 0 Å². The Hall–Kier alpha value is -2.92. The summed E-state index contributed by atoms with van der Waals surface area (Å²) in [4.78, 5) is 14.8. The minimum Gasteiger partial charge on any atom is -0.326 e. The van der Waals surface area contributed by atoms with Crippen LogP contribution in [0.5, 0.6) is 0 Å². The fourth-order valence-electron chi connectivity index (χ4n) is 3.88. The second-order valence-corrected chi connectivity index (χ2v) is 8.00. The number of aryl methyl sites for hydroxylation is 3. The Balaban J connectivity index is 1.34. The molecule has 4 rings (SSSR count). The number of hydrogen-bond donors (Lipinski definition) is 1. The molecule has 1 N–H and O–H groups in total. The lowest BCUT2D eigenvalue weighted by Crippen LogP contribution is -2.30. The molecule has 0 unspecified atom stereocenters. The number of carbonyl (C=O) groups excluding carboxylic acids is 1. The number of anilines is 1. The monoisotopic (exact) mass is 388 g/mol. The SMILES string of the molecule is Cc1ccc(CCC(=O)Nc2ccc3c(c2)CN(Cc2cnn(C)c2)CC3)cc1. The zero-order valence-electron chi connectivity index (χ0n) is 17.2. The third-order valence-electron chi connectivity index (χ3n) is 5.51. The molecule has 5 heteroatoms. The van der Waals surface area contributed by atoms with E-state index in [1.807, 2.05) is 24.0 Å². The Morgan fingerprint density at radius 1 is 1.10 bits per heavy atom. The van der Waals surface area contributed by atoms with Gasteiger partial charge in [0.1, 0.15) is 0 Å². The van der Waals surface area contributed by atoms with E-state index < -0.39 is 0 Å². The van der Waals surface area contributed by atoms with Crippen molar-refractivity contribution in [2.45, 2.75) is 39.3 Å². The standard InChI is InChI=1S/C24H28N4O/c1-18-3-5-19(6-4-18)7-10-24(29)26-23-9-8-21-11-12-28(17-22(21)13-23)16-20-14-25-27(2)15-20/h3-6,8-9,13-15H,7,10-12,16-17H2,1-2H3,(H,26,29). The molecule has 0 fully saturated rings. The molecule has 1 amide bonds. The molecule has 29 heavy (non-hydrogen) atoms. The van der Waals surface area contributed by atoms with Gasteiger partial charge in [-0.05, 0) is 48.6 Å². The molecular weight excluding hydrogens is 360 g/mol. The lowest BCUT2D eigenvalue weighted by atomic mass is 9.98. The van der Waals surface area contributed by atoms with Gasteiger partial charge in [-0.1, -0.05) is 35.9 Å². The summed E-state index contributed by atoms with van der Waals surface area (Å²) in [6.45, 7) is 4.92. The lowest BCUT2D eigenvalue weighted by Gasteiger charge is -2.28. The van der Waals surface area contributed by atoms with Crippen molar-refractivity contribution >= 4 is 11.6 Å². The molecule has 2 heterocycles. The minimum absolute atomic E-state index is 0.0635. The number of nitrogens with zero attached hydrogens (tertiary/aromatic N) is 3. The van der Waals surface area contributed by atoms with E-state index in [1.165, 1.54) is 27.8 Å². The Labute approximate surface area is 172 Å². The van der Waals surface area contributed by atoms with Gasteiger partial charge in [-0.25, -0.2) is 0 Å². The predicted molar refractivity (Wildman–Crippen MR) is 116 cm³/mol. The lowest BCUT2D eigenvalue weighted by molar-refractivity contribution is -0.116. The van der Waals surface area contributed by atoms with Gasteiger partial charge >= 0.3 is 0 Å². The predicted octanol–water partition coefficient (Wildman–Crippen LogP) is 3.86. The van der Waals surface area contributed by atoms with Crippen LogP contribution in [0.3, 0.4) is 0 Å². The van der Waals surface area contributed by atoms with Crippen LogP contribution < -0.4 is 5.32 Å². The van der Waals surface area contributed by atoms with Crippen molar-refractivity contribution in [3.63, 3.8) is 0 Å². The number of aromatic nitrogens is 2. The molecule has 5 nitrogen and oxygen atoms in total. The van der Waals surface area contributed by atoms with Crippen molar-refractivity contribution in [3.05, 3.63) is 82.7 Å². The highest BCUT2D eigenvalue weighted by Crippen LogP contribution is 2.24. The molecule has 0 saturated heterocycles. The minimum atomic E-state index is 0.0635. The van der Waals surface area contributed by atoms with Gasteiger partial charge in [0, 0.05) is 50.6 Å². The van der Waals surface area contributed by atoms with Crippen LogP contribution in [0.1, 0.15) is 34.2 Å². The molecule has 1 aliphatic rings. The van der Waals surface area contributed by atoms with E-state index in [-0.39, 0.29) is 5.91 Å². The highest BCUT2D eigenvalue weighted by molar-refractivity contribution is 5.91. The average molecular weight is 389 g/mol. The molecule has 1 aliphatic heterocycles. The van der Waals surface area contributed by atoms with Crippen molar-refractivity contribution in [2.24, 2.45) is 7.05 Å². The van der Waals surface area contributed by atoms with Gasteiger partial charge < -0.3 is 5.32 Å². The van der Waals surface area contributed by atoms with Gasteiger partial charge in [0.15, 0.2) is 0 Å². The summed E-state index contributed by atoms with van der Waals surface area (Å²) in [6, 6.07) is 14.7. The van der Waals surface area contributed by atoms with Gasteiger partial charge in [0.25, 0.3) is 0 Å². The van der Waals surface area contributed by atoms with Crippen LogP contribution in [0.15, 0.2) is 54.9 Å². The number of rotatable bonds is 6. The molecule has 0 bridgehead atoms. The topological polar surface area (TPSA) is 50.2 Å². The number of fused-ring (bicyclic) bond motifs is 1. The van der Waals surface area contributed by atoms with Gasteiger partial charge in [0.2, 0.25) is 5.91 Å². The number of hydrogen-bond acceptors (Lipinski definition) is 3. The Morgan fingerprint density at radius 2 is 1.93 bits per heavy atom. The van der Waals surface area contributed by atoms with Crippen LogP contribution in [0, 0.1) is 6.92 Å². The van der Waals surface area contributed by atoms with E-state index >= 15 is 0 Å². The molecule has 1 aromatic heterocycles. The quantitative estimate of drug-likeness (QED) is 0.698. The number of nitrogens with one attached hydrogen (secondary N) is 1. The molecule has 0 aliphatic carbocycles. The fourth-order valence-corrected chi connectivity index (χ4v) is 3.88. The number of carbonyl (C=O) groups is 1. The largest absolute Gasteiger partial charge is 0.326 e. The molecule has 3 aromatic rings. The summed E-state index contributed by atoms with van der Waals surface area (Å²) in [5.74, 6) is 0.0635. The molecule has 0 radical (unpaired) electrons. The van der Waals surface area contributed by atoms with Crippen LogP contribution >= 0.6 is 0 Å². The van der Waals surface area contributed by atoms with Gasteiger partial charge in [0.05, 0.1) is 6.20 Å². The Bertz CT molecular complexity index is 990. The maximum absolute atomic E-state index is 12.4. The molecule has 0 saturated carbocycles. The fraction of sp³-hybridized carbons (Fsp3) is 0.333. The Morgan fingerprint density at radius 3 is 2.69 bits per heavy atom. The van der Waals surface area contributed by atoms with Crippen molar-refractivity contribution in [2.75, 3.05) is 11.9 Å². The summed E-state index contributed by atoms with van der Waals surface area (Å²) in [5.41, 5.74) is 7.24. The number of amides is 1. The van der Waals surface area contributed by atoms with Crippen molar-refractivity contribution in [1.82, 2.24) is 14.7 Å². The first-order valence-corrected chi connectivity index (χ1v) is 10.2. The van der Waals surface area contributed by atoms with Crippen LogP contribution in [-0.4, -0.2) is 27.1 Å². The molecule has 0 spiro atoms. The third kappa shape index (κ3) is 5.12. The van der Waals surface area contributed by atoms with Crippen molar-refractivity contribution in [3.8, 4) is 0 Å². The van der Waals surface area contributed by atoms with E-state index in [0.29, 0.717) is 6.42 Å². The second kappa shape index (κ2) is 8.62. The van der Waals surface area contributed by atoms with E-state index in [0.717, 1.165) is 38.2 Å². The summed E-state index contributed by atoms with van der Waals surface area (Å²) in [5, 5.41) is 7.33. The molecule has 2 aromatic carbocycles. The maximum Gasteiger partial charge on any atom is 0.224 e. The second-order valence-electron chi connectivity index (χ2n) is 8.00. The Kier molecular flexibility index (Phi) is 5.76. The highest BCUT2D eigenvalue weighted by atomic mass is 16.1. The normalized spacial score (nSPS) is 13.9. The summed E-state index contributed by atoms with van der Waals surface area (Å²) >= 11 is 0. The van der Waals surface area contributed by atoms with E-state index in [2.05, 4.69) is 64.8 Å². The average Bonchev–Trinajstić information content (AvgIpc) is 3.12. The zero-order valence-corrected chi connectivity index (χ0v) is 17.2. The van der Waals surface area contributed by atoms with Gasteiger partial charge in [-0.2, -0.15) is 5.10 Å². The smallest absolute Gasteiger partial charge is 0.224 e. The summed E-state index contributed by atoms with van der Waals surface area (Å²) in [6.07, 6.45) is 6.29. The maximum atomic E-state index is 12.4. The first-order valence-electron chi connectivity index (χ1n) is 10.2.